The summed E-state index contributed by atoms with van der Waals surface area (Å²) in [5.41, 5.74) is 1.05. The molecule has 0 aliphatic carbocycles. The van der Waals surface area contributed by atoms with Gasteiger partial charge in [0.05, 0.1) is 7.11 Å². The van der Waals surface area contributed by atoms with Gasteiger partial charge in [-0.15, -0.1) is 0 Å². The molecule has 86 valence electrons. The van der Waals surface area contributed by atoms with Gasteiger partial charge in [0.1, 0.15) is 5.75 Å². The number of nitrogens with one attached hydrogen (secondary N) is 1. The van der Waals surface area contributed by atoms with Crippen molar-refractivity contribution in [3.8, 4) is 5.75 Å². The van der Waals surface area contributed by atoms with E-state index in [0.717, 1.165) is 11.3 Å². The first-order valence-electron chi connectivity index (χ1n) is 5.21. The molecule has 3 nitrogen and oxygen atoms in total. The van der Waals surface area contributed by atoms with Gasteiger partial charge < -0.3 is 10.1 Å². The first-order valence-corrected chi connectivity index (χ1v) is 5.21. The maximum absolute atomic E-state index is 10.8. The zero-order valence-corrected chi connectivity index (χ0v) is 9.86. The van der Waals surface area contributed by atoms with Gasteiger partial charge >= 0.3 is 0 Å². The van der Waals surface area contributed by atoms with Crippen LogP contribution in [0.4, 0.5) is 0 Å². The molecule has 0 spiro atoms. The van der Waals surface area contributed by atoms with Crippen molar-refractivity contribution in [3.05, 3.63) is 35.9 Å². The quantitative estimate of drug-likeness (QED) is 0.843. The minimum atomic E-state index is -0.0252. The fourth-order valence-corrected chi connectivity index (χ4v) is 1.37. The number of ether oxygens (including phenoxy) is 1. The molecule has 3 heteroatoms. The number of hydrogen-bond donors (Lipinski definition) is 1. The number of methoxy groups -OCH3 is 1. The SMILES string of the molecule is COc1cccc(/C=C/[C@H](C)NC(C)=O)c1. The third kappa shape index (κ3) is 4.17. The standard InChI is InChI=1S/C13H17NO2/c1-10(14-11(2)15)7-8-12-5-4-6-13(9-12)16-3/h4-10H,1-3H3,(H,14,15)/b8-7+/t10-/m0/s1. The Bertz CT molecular complexity index is 385. The molecular weight excluding hydrogens is 202 g/mol. The van der Waals surface area contributed by atoms with E-state index in [1.54, 1.807) is 7.11 Å². The van der Waals surface area contributed by atoms with Crippen LogP contribution >= 0.6 is 0 Å². The van der Waals surface area contributed by atoms with Crippen LogP contribution in [0.3, 0.4) is 0 Å². The Labute approximate surface area is 96.1 Å². The van der Waals surface area contributed by atoms with Gasteiger partial charge in [-0.25, -0.2) is 0 Å². The van der Waals surface area contributed by atoms with Crippen LogP contribution in [0.2, 0.25) is 0 Å². The molecular formula is C13H17NO2. The highest BCUT2D eigenvalue weighted by Crippen LogP contribution is 2.13. The van der Waals surface area contributed by atoms with Gasteiger partial charge in [0.25, 0.3) is 0 Å². The topological polar surface area (TPSA) is 38.3 Å². The summed E-state index contributed by atoms with van der Waals surface area (Å²) in [6.45, 7) is 3.44. The average molecular weight is 219 g/mol. The van der Waals surface area contributed by atoms with Crippen molar-refractivity contribution in [2.75, 3.05) is 7.11 Å². The maximum atomic E-state index is 10.8. The molecule has 1 N–H and O–H groups in total. The molecule has 0 aliphatic heterocycles. The maximum Gasteiger partial charge on any atom is 0.217 e. The van der Waals surface area contributed by atoms with Crippen molar-refractivity contribution >= 4 is 12.0 Å². The van der Waals surface area contributed by atoms with E-state index in [9.17, 15) is 4.79 Å². The van der Waals surface area contributed by atoms with Crippen molar-refractivity contribution < 1.29 is 9.53 Å². The van der Waals surface area contributed by atoms with Gasteiger partial charge in [-0.2, -0.15) is 0 Å². The van der Waals surface area contributed by atoms with E-state index in [2.05, 4.69) is 5.32 Å². The van der Waals surface area contributed by atoms with Crippen molar-refractivity contribution in [1.82, 2.24) is 5.32 Å². The third-order valence-electron chi connectivity index (χ3n) is 2.10. The lowest BCUT2D eigenvalue weighted by Crippen LogP contribution is -2.28. The van der Waals surface area contributed by atoms with Crippen molar-refractivity contribution in [3.63, 3.8) is 0 Å². The smallest absolute Gasteiger partial charge is 0.217 e. The van der Waals surface area contributed by atoms with Gasteiger partial charge in [0.15, 0.2) is 0 Å². The van der Waals surface area contributed by atoms with Crippen LogP contribution in [0.1, 0.15) is 19.4 Å². The highest BCUT2D eigenvalue weighted by Gasteiger charge is 1.97. The summed E-state index contributed by atoms with van der Waals surface area (Å²) in [5.74, 6) is 0.803. The van der Waals surface area contributed by atoms with E-state index < -0.39 is 0 Å². The summed E-state index contributed by atoms with van der Waals surface area (Å²) < 4.78 is 5.12. The first kappa shape index (κ1) is 12.3. The Morgan fingerprint density at radius 3 is 2.88 bits per heavy atom. The number of hydrogen-bond acceptors (Lipinski definition) is 2. The predicted octanol–water partition coefficient (Wildman–Crippen LogP) is 2.23. The van der Waals surface area contributed by atoms with Gasteiger partial charge in [-0.05, 0) is 24.6 Å². The van der Waals surface area contributed by atoms with Gasteiger partial charge in [-0.3, -0.25) is 4.79 Å². The Morgan fingerprint density at radius 2 is 2.25 bits per heavy atom. The Kier molecular flexibility index (Phi) is 4.58. The molecule has 1 amide bonds. The van der Waals surface area contributed by atoms with E-state index in [4.69, 9.17) is 4.74 Å². The fourth-order valence-electron chi connectivity index (χ4n) is 1.37. The number of carbonyl (C=O) groups excluding carboxylic acids is 1. The second-order valence-electron chi connectivity index (χ2n) is 3.62. The molecule has 0 saturated heterocycles. The number of rotatable bonds is 4. The third-order valence-corrected chi connectivity index (χ3v) is 2.10. The largest absolute Gasteiger partial charge is 0.497 e. The minimum Gasteiger partial charge on any atom is -0.497 e. The summed E-state index contributed by atoms with van der Waals surface area (Å²) in [5, 5.41) is 2.78. The van der Waals surface area contributed by atoms with Crippen molar-refractivity contribution in [2.24, 2.45) is 0 Å². The first-order chi connectivity index (χ1) is 7.61. The van der Waals surface area contributed by atoms with Crippen LogP contribution in [-0.4, -0.2) is 19.1 Å². The normalized spacial score (nSPS) is 12.4. The van der Waals surface area contributed by atoms with E-state index in [1.165, 1.54) is 6.92 Å². The highest BCUT2D eigenvalue weighted by atomic mass is 16.5. The van der Waals surface area contributed by atoms with Crippen LogP contribution < -0.4 is 10.1 Å². The molecule has 0 aliphatic rings. The van der Waals surface area contributed by atoms with E-state index in [0.29, 0.717) is 0 Å². The molecule has 0 saturated carbocycles. The summed E-state index contributed by atoms with van der Waals surface area (Å²) in [4.78, 5) is 10.8. The summed E-state index contributed by atoms with van der Waals surface area (Å²) in [6, 6.07) is 7.79. The van der Waals surface area contributed by atoms with Gasteiger partial charge in [-0.1, -0.05) is 24.3 Å². The fraction of sp³-hybridized carbons (Fsp3) is 0.308. The van der Waals surface area contributed by atoms with Crippen LogP contribution in [0.15, 0.2) is 30.3 Å². The molecule has 0 unspecified atom stereocenters. The van der Waals surface area contributed by atoms with E-state index >= 15 is 0 Å². The molecule has 0 fully saturated rings. The molecule has 16 heavy (non-hydrogen) atoms. The Hall–Kier alpha value is -1.77. The molecule has 1 atom stereocenters. The monoisotopic (exact) mass is 219 g/mol. The summed E-state index contributed by atoms with van der Waals surface area (Å²) in [7, 11) is 1.64. The molecule has 1 rings (SSSR count). The number of benzene rings is 1. The number of amides is 1. The summed E-state index contributed by atoms with van der Waals surface area (Å²) in [6.07, 6.45) is 3.90. The lowest BCUT2D eigenvalue weighted by molar-refractivity contribution is -0.119. The lowest BCUT2D eigenvalue weighted by atomic mass is 10.1. The summed E-state index contributed by atoms with van der Waals surface area (Å²) >= 11 is 0. The molecule has 1 aromatic rings. The second kappa shape index (κ2) is 5.95. The Balaban J connectivity index is 2.64. The van der Waals surface area contributed by atoms with Crippen LogP contribution in [0.5, 0.6) is 5.75 Å². The Morgan fingerprint density at radius 1 is 1.50 bits per heavy atom. The van der Waals surface area contributed by atoms with Crippen LogP contribution in [0, 0.1) is 0 Å². The van der Waals surface area contributed by atoms with Crippen molar-refractivity contribution in [2.45, 2.75) is 19.9 Å². The molecule has 0 aromatic heterocycles. The molecule has 0 bridgehead atoms. The highest BCUT2D eigenvalue weighted by molar-refractivity contribution is 5.73. The zero-order chi connectivity index (χ0) is 12.0. The molecule has 0 radical (unpaired) electrons. The van der Waals surface area contributed by atoms with Crippen LogP contribution in [-0.2, 0) is 4.79 Å². The average Bonchev–Trinajstić information content (AvgIpc) is 2.26. The van der Waals surface area contributed by atoms with Crippen molar-refractivity contribution in [1.29, 1.82) is 0 Å². The second-order valence-corrected chi connectivity index (χ2v) is 3.62. The number of carbonyl (C=O) groups is 1. The minimum absolute atomic E-state index is 0.0252. The van der Waals surface area contributed by atoms with Crippen LogP contribution in [0.25, 0.3) is 6.08 Å². The molecule has 1 aromatic carbocycles. The van der Waals surface area contributed by atoms with Gasteiger partial charge in [0, 0.05) is 13.0 Å². The molecule has 0 heterocycles. The zero-order valence-electron chi connectivity index (χ0n) is 9.86. The predicted molar refractivity (Wildman–Crippen MR) is 65.3 cm³/mol. The lowest BCUT2D eigenvalue weighted by Gasteiger charge is -2.06. The van der Waals surface area contributed by atoms with E-state index in [1.807, 2.05) is 43.3 Å². The van der Waals surface area contributed by atoms with E-state index in [-0.39, 0.29) is 11.9 Å². The van der Waals surface area contributed by atoms with Gasteiger partial charge in [0.2, 0.25) is 5.91 Å².